The van der Waals surface area contributed by atoms with E-state index < -0.39 is 16.0 Å². The van der Waals surface area contributed by atoms with Crippen molar-refractivity contribution < 1.29 is 18.3 Å². The molecule has 0 fully saturated rings. The van der Waals surface area contributed by atoms with Gasteiger partial charge < -0.3 is 5.11 Å². The molecule has 2 N–H and O–H groups in total. The summed E-state index contributed by atoms with van der Waals surface area (Å²) in [4.78, 5) is 11.0. The molecule has 0 saturated carbocycles. The summed E-state index contributed by atoms with van der Waals surface area (Å²) in [7, 11) is -2.12. The lowest BCUT2D eigenvalue weighted by molar-refractivity contribution is 0.0702. The van der Waals surface area contributed by atoms with Crippen molar-refractivity contribution in [2.75, 3.05) is 4.72 Å². The van der Waals surface area contributed by atoms with Gasteiger partial charge in [0.25, 0.3) is 10.0 Å². The standard InChI is InChI=1S/C11H13N3O4S2/c1-6-10(7(2)14(3)12-6)20(17,18)13-9-5-4-8(19-9)11(15)16/h4-5,13H,1-3H3,(H,15,16). The van der Waals surface area contributed by atoms with E-state index in [2.05, 4.69) is 9.82 Å². The number of aryl methyl sites for hydroxylation is 2. The van der Waals surface area contributed by atoms with Crippen LogP contribution < -0.4 is 4.72 Å². The zero-order chi connectivity index (χ0) is 15.1. The molecule has 0 unspecified atom stereocenters. The van der Waals surface area contributed by atoms with Gasteiger partial charge in [0.2, 0.25) is 0 Å². The van der Waals surface area contributed by atoms with E-state index in [1.54, 1.807) is 20.9 Å². The van der Waals surface area contributed by atoms with Gasteiger partial charge in [-0.15, -0.1) is 11.3 Å². The Bertz CT molecular complexity index is 774. The van der Waals surface area contributed by atoms with Gasteiger partial charge in [-0.25, -0.2) is 13.2 Å². The third kappa shape index (κ3) is 2.54. The van der Waals surface area contributed by atoms with E-state index in [1.165, 1.54) is 16.8 Å². The molecule has 0 atom stereocenters. The van der Waals surface area contributed by atoms with Gasteiger partial charge in [0.15, 0.2) is 0 Å². The highest BCUT2D eigenvalue weighted by molar-refractivity contribution is 7.93. The zero-order valence-electron chi connectivity index (χ0n) is 11.0. The number of carboxylic acids is 1. The molecule has 2 rings (SSSR count). The zero-order valence-corrected chi connectivity index (χ0v) is 12.7. The molecule has 7 nitrogen and oxygen atoms in total. The molecule has 0 amide bonds. The fourth-order valence-electron chi connectivity index (χ4n) is 1.83. The molecular weight excluding hydrogens is 302 g/mol. The molecule has 0 aliphatic rings. The number of nitrogens with zero attached hydrogens (tertiary/aromatic N) is 2. The first kappa shape index (κ1) is 14.5. The molecule has 2 aromatic heterocycles. The summed E-state index contributed by atoms with van der Waals surface area (Å²) in [5, 5.41) is 13.1. The smallest absolute Gasteiger partial charge is 0.345 e. The summed E-state index contributed by atoms with van der Waals surface area (Å²) in [6, 6.07) is 2.78. The minimum atomic E-state index is -3.78. The number of rotatable bonds is 4. The maximum absolute atomic E-state index is 12.3. The quantitative estimate of drug-likeness (QED) is 0.892. The van der Waals surface area contributed by atoms with E-state index in [4.69, 9.17) is 5.11 Å². The number of aromatic carboxylic acids is 1. The minimum absolute atomic E-state index is 0.0716. The number of thiophene rings is 1. The topological polar surface area (TPSA) is 101 Å². The van der Waals surface area contributed by atoms with Gasteiger partial charge in [-0.1, -0.05) is 0 Å². The molecule has 0 aliphatic heterocycles. The number of aromatic nitrogens is 2. The highest BCUT2D eigenvalue weighted by Crippen LogP contribution is 2.27. The average Bonchev–Trinajstić information content (AvgIpc) is 2.84. The number of nitrogens with one attached hydrogen (secondary N) is 1. The third-order valence-electron chi connectivity index (χ3n) is 2.76. The van der Waals surface area contributed by atoms with Gasteiger partial charge in [-0.05, 0) is 26.0 Å². The fourth-order valence-corrected chi connectivity index (χ4v) is 4.31. The second-order valence-electron chi connectivity index (χ2n) is 4.20. The minimum Gasteiger partial charge on any atom is -0.477 e. The first-order valence-corrected chi connectivity index (χ1v) is 7.88. The normalized spacial score (nSPS) is 11.6. The van der Waals surface area contributed by atoms with Crippen LogP contribution in [0.5, 0.6) is 0 Å². The summed E-state index contributed by atoms with van der Waals surface area (Å²) in [5.41, 5.74) is 0.914. The van der Waals surface area contributed by atoms with Crippen molar-refractivity contribution in [3.05, 3.63) is 28.4 Å². The highest BCUT2D eigenvalue weighted by Gasteiger charge is 2.24. The fraction of sp³-hybridized carbons (Fsp3) is 0.273. The molecule has 20 heavy (non-hydrogen) atoms. The largest absolute Gasteiger partial charge is 0.477 e. The molecule has 0 aromatic carbocycles. The Kier molecular flexibility index (Phi) is 3.57. The lowest BCUT2D eigenvalue weighted by atomic mass is 10.4. The van der Waals surface area contributed by atoms with Crippen LogP contribution in [0.4, 0.5) is 5.00 Å². The molecule has 2 heterocycles. The van der Waals surface area contributed by atoms with Crippen LogP contribution in [-0.4, -0.2) is 29.3 Å². The molecule has 2 aromatic rings. The summed E-state index contributed by atoms with van der Waals surface area (Å²) in [6.07, 6.45) is 0. The predicted molar refractivity (Wildman–Crippen MR) is 74.8 cm³/mol. The first-order chi connectivity index (χ1) is 9.22. The van der Waals surface area contributed by atoms with Gasteiger partial charge in [0.05, 0.1) is 11.4 Å². The van der Waals surface area contributed by atoms with Crippen LogP contribution in [0.3, 0.4) is 0 Å². The first-order valence-electron chi connectivity index (χ1n) is 5.58. The SMILES string of the molecule is Cc1nn(C)c(C)c1S(=O)(=O)Nc1ccc(C(=O)O)s1. The van der Waals surface area contributed by atoms with Gasteiger partial charge in [-0.3, -0.25) is 9.40 Å². The van der Waals surface area contributed by atoms with Crippen molar-refractivity contribution in [2.45, 2.75) is 18.7 Å². The Hall–Kier alpha value is -1.87. The van der Waals surface area contributed by atoms with E-state index in [0.29, 0.717) is 11.4 Å². The number of anilines is 1. The Morgan fingerprint density at radius 2 is 2.05 bits per heavy atom. The van der Waals surface area contributed by atoms with Crippen LogP contribution in [0.15, 0.2) is 17.0 Å². The number of hydrogen-bond acceptors (Lipinski definition) is 5. The van der Waals surface area contributed by atoms with Crippen molar-refractivity contribution in [2.24, 2.45) is 7.05 Å². The Morgan fingerprint density at radius 1 is 1.40 bits per heavy atom. The number of hydrogen-bond donors (Lipinski definition) is 2. The van der Waals surface area contributed by atoms with Crippen molar-refractivity contribution >= 4 is 32.3 Å². The second-order valence-corrected chi connectivity index (χ2v) is 6.90. The number of carboxylic acid groups (broad SMARTS) is 1. The van der Waals surface area contributed by atoms with E-state index >= 15 is 0 Å². The molecule has 0 bridgehead atoms. The molecule has 108 valence electrons. The maximum Gasteiger partial charge on any atom is 0.345 e. The van der Waals surface area contributed by atoms with Crippen LogP contribution in [0.1, 0.15) is 21.1 Å². The summed E-state index contributed by atoms with van der Waals surface area (Å²) < 4.78 is 28.5. The predicted octanol–water partition coefficient (Wildman–Crippen LogP) is 1.60. The van der Waals surface area contributed by atoms with E-state index in [9.17, 15) is 13.2 Å². The van der Waals surface area contributed by atoms with E-state index in [0.717, 1.165) is 11.3 Å². The van der Waals surface area contributed by atoms with Crippen molar-refractivity contribution in [3.63, 3.8) is 0 Å². The molecular formula is C11H13N3O4S2. The lowest BCUT2D eigenvalue weighted by Crippen LogP contribution is -2.14. The Labute approximate surface area is 119 Å². The van der Waals surface area contributed by atoms with Crippen LogP contribution >= 0.6 is 11.3 Å². The summed E-state index contributed by atoms with van der Waals surface area (Å²) in [5.74, 6) is -1.09. The van der Waals surface area contributed by atoms with Crippen molar-refractivity contribution in [1.82, 2.24) is 9.78 Å². The van der Waals surface area contributed by atoms with Gasteiger partial charge in [-0.2, -0.15) is 5.10 Å². The maximum atomic E-state index is 12.3. The van der Waals surface area contributed by atoms with Gasteiger partial charge in [0, 0.05) is 7.05 Å². The van der Waals surface area contributed by atoms with Crippen LogP contribution in [0.2, 0.25) is 0 Å². The molecule has 0 spiro atoms. The third-order valence-corrected chi connectivity index (χ3v) is 5.50. The van der Waals surface area contributed by atoms with Gasteiger partial charge >= 0.3 is 5.97 Å². The van der Waals surface area contributed by atoms with E-state index in [-0.39, 0.29) is 14.8 Å². The monoisotopic (exact) mass is 315 g/mol. The van der Waals surface area contributed by atoms with Crippen LogP contribution in [0.25, 0.3) is 0 Å². The Morgan fingerprint density at radius 3 is 2.50 bits per heavy atom. The van der Waals surface area contributed by atoms with Crippen LogP contribution in [0, 0.1) is 13.8 Å². The number of sulfonamides is 1. The molecule has 0 radical (unpaired) electrons. The molecule has 0 aliphatic carbocycles. The molecule has 0 saturated heterocycles. The average molecular weight is 315 g/mol. The Balaban J connectivity index is 2.38. The lowest BCUT2D eigenvalue weighted by Gasteiger charge is -2.06. The number of carbonyl (C=O) groups is 1. The van der Waals surface area contributed by atoms with Gasteiger partial charge in [0.1, 0.15) is 14.8 Å². The second kappa shape index (κ2) is 4.91. The van der Waals surface area contributed by atoms with E-state index in [1.807, 2.05) is 0 Å². The van der Waals surface area contributed by atoms with Crippen molar-refractivity contribution in [3.8, 4) is 0 Å². The molecule has 9 heteroatoms. The summed E-state index contributed by atoms with van der Waals surface area (Å²) in [6.45, 7) is 3.27. The van der Waals surface area contributed by atoms with Crippen LogP contribution in [-0.2, 0) is 17.1 Å². The highest BCUT2D eigenvalue weighted by atomic mass is 32.2. The summed E-state index contributed by atoms with van der Waals surface area (Å²) >= 11 is 0.864. The van der Waals surface area contributed by atoms with Crippen molar-refractivity contribution in [1.29, 1.82) is 0 Å².